The van der Waals surface area contributed by atoms with Crippen molar-refractivity contribution in [1.82, 2.24) is 19.9 Å². The monoisotopic (exact) mass is 328 g/mol. The molecule has 0 atom stereocenters. The lowest BCUT2D eigenvalue weighted by Crippen LogP contribution is -2.26. The zero-order valence-electron chi connectivity index (χ0n) is 14.3. The summed E-state index contributed by atoms with van der Waals surface area (Å²) in [6, 6.07) is 8.11. The highest BCUT2D eigenvalue weighted by Crippen LogP contribution is 2.27. The van der Waals surface area contributed by atoms with E-state index in [4.69, 9.17) is 4.74 Å². The predicted molar refractivity (Wildman–Crippen MR) is 90.9 cm³/mol. The third-order valence-electron chi connectivity index (χ3n) is 4.58. The van der Waals surface area contributed by atoms with Crippen molar-refractivity contribution in [3.05, 3.63) is 41.7 Å². The largest absolute Gasteiger partial charge is 0.497 e. The standard InChI is InChI=1S/C18H24N4O2/c1-21(12-14-7-6-10-16(11-14)24-2)18(23)17-13-22(20-19-17)15-8-4-3-5-9-15/h6-7,10-11,13,15H,3-5,8-9,12H2,1-2H3. The van der Waals surface area contributed by atoms with Crippen molar-refractivity contribution in [3.8, 4) is 5.75 Å². The van der Waals surface area contributed by atoms with Gasteiger partial charge < -0.3 is 9.64 Å². The normalized spacial score (nSPS) is 15.2. The molecular weight excluding hydrogens is 304 g/mol. The Morgan fingerprint density at radius 2 is 2.12 bits per heavy atom. The van der Waals surface area contributed by atoms with Crippen LogP contribution in [0.5, 0.6) is 5.75 Å². The third-order valence-corrected chi connectivity index (χ3v) is 4.58. The minimum absolute atomic E-state index is 0.111. The quantitative estimate of drug-likeness (QED) is 0.846. The first-order valence-electron chi connectivity index (χ1n) is 8.47. The summed E-state index contributed by atoms with van der Waals surface area (Å²) in [6.45, 7) is 0.506. The van der Waals surface area contributed by atoms with E-state index < -0.39 is 0 Å². The van der Waals surface area contributed by atoms with Crippen molar-refractivity contribution >= 4 is 5.91 Å². The Balaban J connectivity index is 1.65. The maximum atomic E-state index is 12.6. The van der Waals surface area contributed by atoms with Crippen LogP contribution in [0.15, 0.2) is 30.5 Å². The molecule has 0 radical (unpaired) electrons. The van der Waals surface area contributed by atoms with Gasteiger partial charge in [-0.05, 0) is 30.5 Å². The highest BCUT2D eigenvalue weighted by molar-refractivity contribution is 5.91. The summed E-state index contributed by atoms with van der Waals surface area (Å²) in [5.41, 5.74) is 1.43. The molecule has 1 saturated carbocycles. The van der Waals surface area contributed by atoms with E-state index in [0.29, 0.717) is 18.3 Å². The van der Waals surface area contributed by atoms with Crippen molar-refractivity contribution in [2.45, 2.75) is 44.7 Å². The summed E-state index contributed by atoms with van der Waals surface area (Å²) in [6.07, 6.45) is 7.78. The number of ether oxygens (including phenoxy) is 1. The molecule has 1 aromatic carbocycles. The Bertz CT molecular complexity index is 692. The fourth-order valence-corrected chi connectivity index (χ4v) is 3.21. The number of nitrogens with zero attached hydrogens (tertiary/aromatic N) is 4. The number of rotatable bonds is 5. The van der Waals surface area contributed by atoms with Gasteiger partial charge in [-0.2, -0.15) is 0 Å². The number of hydrogen-bond acceptors (Lipinski definition) is 4. The van der Waals surface area contributed by atoms with E-state index in [1.807, 2.05) is 28.9 Å². The zero-order chi connectivity index (χ0) is 16.9. The Hall–Kier alpha value is -2.37. The SMILES string of the molecule is COc1cccc(CN(C)C(=O)c2cn(C3CCCCC3)nn2)c1. The summed E-state index contributed by atoms with van der Waals surface area (Å²) in [5, 5.41) is 8.26. The van der Waals surface area contributed by atoms with Gasteiger partial charge >= 0.3 is 0 Å². The van der Waals surface area contributed by atoms with Crippen LogP contribution in [0.3, 0.4) is 0 Å². The van der Waals surface area contributed by atoms with Crippen LogP contribution in [0.1, 0.15) is 54.2 Å². The molecule has 1 aliphatic rings. The maximum absolute atomic E-state index is 12.6. The second kappa shape index (κ2) is 7.47. The van der Waals surface area contributed by atoms with Gasteiger partial charge in [-0.3, -0.25) is 4.79 Å². The minimum atomic E-state index is -0.111. The Morgan fingerprint density at radius 3 is 2.88 bits per heavy atom. The first-order valence-corrected chi connectivity index (χ1v) is 8.47. The van der Waals surface area contributed by atoms with Crippen LogP contribution in [0.4, 0.5) is 0 Å². The number of methoxy groups -OCH3 is 1. The molecule has 0 spiro atoms. The summed E-state index contributed by atoms with van der Waals surface area (Å²) in [4.78, 5) is 14.2. The van der Waals surface area contributed by atoms with Crippen molar-refractivity contribution < 1.29 is 9.53 Å². The van der Waals surface area contributed by atoms with Gasteiger partial charge in [-0.1, -0.05) is 36.6 Å². The van der Waals surface area contributed by atoms with Crippen LogP contribution < -0.4 is 4.74 Å². The topological polar surface area (TPSA) is 60.2 Å². The lowest BCUT2D eigenvalue weighted by molar-refractivity contribution is 0.0779. The Kier molecular flexibility index (Phi) is 5.13. The molecule has 128 valence electrons. The van der Waals surface area contributed by atoms with Crippen molar-refractivity contribution in [2.75, 3.05) is 14.2 Å². The number of carbonyl (C=O) groups excluding carboxylic acids is 1. The molecule has 1 fully saturated rings. The maximum Gasteiger partial charge on any atom is 0.276 e. The van der Waals surface area contributed by atoms with Gasteiger partial charge in [0, 0.05) is 13.6 Å². The van der Waals surface area contributed by atoms with Crippen molar-refractivity contribution in [1.29, 1.82) is 0 Å². The molecule has 1 amide bonds. The minimum Gasteiger partial charge on any atom is -0.497 e. The number of hydrogen-bond donors (Lipinski definition) is 0. The zero-order valence-corrected chi connectivity index (χ0v) is 14.3. The molecule has 0 N–H and O–H groups in total. The summed E-state index contributed by atoms with van der Waals surface area (Å²) in [5.74, 6) is 0.677. The number of carbonyl (C=O) groups is 1. The van der Waals surface area contributed by atoms with E-state index in [9.17, 15) is 4.79 Å². The number of benzene rings is 1. The summed E-state index contributed by atoms with van der Waals surface area (Å²) in [7, 11) is 3.42. The molecular formula is C18H24N4O2. The molecule has 6 heteroatoms. The Labute approximate surface area is 142 Å². The van der Waals surface area contributed by atoms with Crippen molar-refractivity contribution in [3.63, 3.8) is 0 Å². The van der Waals surface area contributed by atoms with E-state index in [1.54, 1.807) is 25.3 Å². The van der Waals surface area contributed by atoms with Crippen molar-refractivity contribution in [2.24, 2.45) is 0 Å². The molecule has 2 aromatic rings. The molecule has 3 rings (SSSR count). The molecule has 0 aliphatic heterocycles. The molecule has 24 heavy (non-hydrogen) atoms. The van der Waals surface area contributed by atoms with Gasteiger partial charge in [-0.25, -0.2) is 4.68 Å². The second-order valence-electron chi connectivity index (χ2n) is 6.39. The van der Waals surface area contributed by atoms with E-state index in [2.05, 4.69) is 10.3 Å². The molecule has 6 nitrogen and oxygen atoms in total. The molecule has 0 unspecified atom stereocenters. The van der Waals surface area contributed by atoms with Crippen LogP contribution >= 0.6 is 0 Å². The average molecular weight is 328 g/mol. The highest BCUT2D eigenvalue weighted by atomic mass is 16.5. The molecule has 0 bridgehead atoms. The van der Waals surface area contributed by atoms with E-state index in [1.165, 1.54) is 19.3 Å². The lowest BCUT2D eigenvalue weighted by Gasteiger charge is -2.21. The fraction of sp³-hybridized carbons (Fsp3) is 0.500. The fourth-order valence-electron chi connectivity index (χ4n) is 3.21. The van der Waals surface area contributed by atoms with E-state index in [0.717, 1.165) is 24.2 Å². The van der Waals surface area contributed by atoms with E-state index >= 15 is 0 Å². The number of amides is 1. The number of aromatic nitrogens is 3. The first kappa shape index (κ1) is 16.5. The average Bonchev–Trinajstić information content (AvgIpc) is 3.12. The molecule has 1 aliphatic carbocycles. The molecule has 1 heterocycles. The van der Waals surface area contributed by atoms with E-state index in [-0.39, 0.29) is 5.91 Å². The summed E-state index contributed by atoms with van der Waals surface area (Å²) >= 11 is 0. The van der Waals surface area contributed by atoms with Crippen LogP contribution in [0.25, 0.3) is 0 Å². The van der Waals surface area contributed by atoms with Gasteiger partial charge in [0.25, 0.3) is 5.91 Å². The molecule has 0 saturated heterocycles. The van der Waals surface area contributed by atoms with Gasteiger partial charge in [0.05, 0.1) is 19.3 Å². The molecule has 1 aromatic heterocycles. The van der Waals surface area contributed by atoms with Crippen LogP contribution in [0.2, 0.25) is 0 Å². The van der Waals surface area contributed by atoms with Crippen LogP contribution in [0, 0.1) is 0 Å². The third kappa shape index (κ3) is 3.75. The lowest BCUT2D eigenvalue weighted by atomic mass is 9.96. The van der Waals surface area contributed by atoms with Crippen LogP contribution in [-0.2, 0) is 6.54 Å². The van der Waals surface area contributed by atoms with Gasteiger partial charge in [0.1, 0.15) is 5.75 Å². The predicted octanol–water partition coefficient (Wildman–Crippen LogP) is 3.06. The first-order chi connectivity index (χ1) is 11.7. The Morgan fingerprint density at radius 1 is 1.33 bits per heavy atom. The van der Waals surface area contributed by atoms with Gasteiger partial charge in [-0.15, -0.1) is 5.10 Å². The summed E-state index contributed by atoms with van der Waals surface area (Å²) < 4.78 is 7.09. The van der Waals surface area contributed by atoms with Crippen LogP contribution in [-0.4, -0.2) is 40.0 Å². The van der Waals surface area contributed by atoms with Gasteiger partial charge in [0.2, 0.25) is 0 Å². The smallest absolute Gasteiger partial charge is 0.276 e. The second-order valence-corrected chi connectivity index (χ2v) is 6.39. The van der Waals surface area contributed by atoms with Gasteiger partial charge in [0.15, 0.2) is 5.69 Å². The highest BCUT2D eigenvalue weighted by Gasteiger charge is 2.20.